The quantitative estimate of drug-likeness (QED) is 0.696. The molecule has 1 fully saturated rings. The van der Waals surface area contributed by atoms with E-state index >= 15 is 0 Å². The van der Waals surface area contributed by atoms with Crippen molar-refractivity contribution >= 4 is 17.0 Å². The fraction of sp³-hybridized carbons (Fsp3) is 0.364. The molecule has 0 spiro atoms. The lowest BCUT2D eigenvalue weighted by molar-refractivity contribution is -0.132. The molecule has 3 aromatic rings. The third kappa shape index (κ3) is 3.67. The van der Waals surface area contributed by atoms with Crippen LogP contribution < -0.4 is 10.5 Å². The van der Waals surface area contributed by atoms with Crippen LogP contribution in [0.3, 0.4) is 0 Å². The molecule has 4 rings (SSSR count). The van der Waals surface area contributed by atoms with Crippen LogP contribution in [0.5, 0.6) is 5.75 Å². The second-order valence-electron chi connectivity index (χ2n) is 7.23. The minimum absolute atomic E-state index is 0.00514. The zero-order valence-electron chi connectivity index (χ0n) is 16.0. The number of para-hydroxylation sites is 2. The van der Waals surface area contributed by atoms with Crippen LogP contribution in [0, 0.1) is 0 Å². The normalized spacial score (nSPS) is 17.5. The van der Waals surface area contributed by atoms with Gasteiger partial charge in [0.15, 0.2) is 5.58 Å². The van der Waals surface area contributed by atoms with E-state index in [9.17, 15) is 9.59 Å². The molecule has 1 amide bonds. The maximum Gasteiger partial charge on any atom is 0.420 e. The number of hydrogen-bond donors (Lipinski definition) is 0. The Balaban J connectivity index is 1.52. The number of likely N-dealkylation sites (tertiary alicyclic amines) is 1. The molecule has 2 heterocycles. The Morgan fingerprint density at radius 2 is 1.93 bits per heavy atom. The second-order valence-corrected chi connectivity index (χ2v) is 7.23. The Morgan fingerprint density at radius 1 is 1.14 bits per heavy atom. The molecule has 6 heteroatoms. The van der Waals surface area contributed by atoms with Gasteiger partial charge >= 0.3 is 5.76 Å². The van der Waals surface area contributed by atoms with E-state index in [-0.39, 0.29) is 18.4 Å². The van der Waals surface area contributed by atoms with E-state index in [1.165, 1.54) is 10.1 Å². The summed E-state index contributed by atoms with van der Waals surface area (Å²) in [5.74, 6) is 0.580. The third-order valence-corrected chi connectivity index (χ3v) is 5.48. The van der Waals surface area contributed by atoms with E-state index in [1.807, 2.05) is 29.2 Å². The van der Waals surface area contributed by atoms with Crippen molar-refractivity contribution in [3.8, 4) is 5.75 Å². The molecule has 0 saturated carbocycles. The van der Waals surface area contributed by atoms with Crippen LogP contribution in [-0.2, 0) is 11.3 Å². The summed E-state index contributed by atoms with van der Waals surface area (Å²) in [6.07, 6.45) is 3.10. The Labute approximate surface area is 163 Å². The maximum atomic E-state index is 13.0. The molecule has 1 aliphatic heterocycles. The Kier molecular flexibility index (Phi) is 5.19. The molecular weight excluding hydrogens is 356 g/mol. The molecule has 6 nitrogen and oxygen atoms in total. The number of methoxy groups -OCH3 is 1. The van der Waals surface area contributed by atoms with Crippen molar-refractivity contribution in [2.45, 2.75) is 31.7 Å². The van der Waals surface area contributed by atoms with Gasteiger partial charge in [0.05, 0.1) is 12.6 Å². The number of oxazole rings is 1. The van der Waals surface area contributed by atoms with Crippen molar-refractivity contribution in [3.63, 3.8) is 0 Å². The van der Waals surface area contributed by atoms with Gasteiger partial charge in [0.25, 0.3) is 0 Å². The highest BCUT2D eigenvalue weighted by atomic mass is 16.5. The monoisotopic (exact) mass is 380 g/mol. The summed E-state index contributed by atoms with van der Waals surface area (Å²) in [6.45, 7) is 1.39. The summed E-state index contributed by atoms with van der Waals surface area (Å²) >= 11 is 0. The zero-order valence-corrected chi connectivity index (χ0v) is 16.0. The lowest BCUT2D eigenvalue weighted by Gasteiger charge is -2.25. The number of rotatable bonds is 4. The summed E-state index contributed by atoms with van der Waals surface area (Å²) in [6, 6.07) is 15.3. The van der Waals surface area contributed by atoms with Gasteiger partial charge in [-0.15, -0.1) is 0 Å². The first-order valence-electron chi connectivity index (χ1n) is 9.66. The molecule has 1 saturated heterocycles. The van der Waals surface area contributed by atoms with Gasteiger partial charge < -0.3 is 14.1 Å². The summed E-state index contributed by atoms with van der Waals surface area (Å²) < 4.78 is 11.9. The van der Waals surface area contributed by atoms with E-state index in [0.29, 0.717) is 17.6 Å². The van der Waals surface area contributed by atoms with E-state index < -0.39 is 5.76 Å². The predicted octanol–water partition coefficient (Wildman–Crippen LogP) is 3.40. The first-order valence-corrected chi connectivity index (χ1v) is 9.66. The minimum atomic E-state index is -0.490. The number of fused-ring (bicyclic) bond motifs is 1. The van der Waals surface area contributed by atoms with Crippen molar-refractivity contribution in [1.82, 2.24) is 9.47 Å². The van der Waals surface area contributed by atoms with E-state index in [2.05, 4.69) is 12.1 Å². The molecule has 2 aromatic carbocycles. The molecule has 1 unspecified atom stereocenters. The average molecular weight is 380 g/mol. The van der Waals surface area contributed by atoms with Crippen LogP contribution >= 0.6 is 0 Å². The average Bonchev–Trinajstić information content (AvgIpc) is 2.89. The van der Waals surface area contributed by atoms with Crippen molar-refractivity contribution < 1.29 is 13.9 Å². The summed E-state index contributed by atoms with van der Waals surface area (Å²) in [7, 11) is 1.66. The van der Waals surface area contributed by atoms with Gasteiger partial charge in [0.2, 0.25) is 5.91 Å². The number of aromatic nitrogens is 1. The van der Waals surface area contributed by atoms with E-state index in [1.54, 1.807) is 19.2 Å². The zero-order chi connectivity index (χ0) is 19.5. The molecule has 146 valence electrons. The molecule has 1 aliphatic rings. The van der Waals surface area contributed by atoms with Crippen molar-refractivity contribution in [1.29, 1.82) is 0 Å². The van der Waals surface area contributed by atoms with Gasteiger partial charge in [0, 0.05) is 19.0 Å². The second kappa shape index (κ2) is 7.92. The molecular formula is C22H24N2O4. The summed E-state index contributed by atoms with van der Waals surface area (Å²) in [4.78, 5) is 27.1. The number of carbonyl (C=O) groups excluding carboxylic acids is 1. The number of benzene rings is 2. The number of ether oxygens (including phenoxy) is 1. The summed E-state index contributed by atoms with van der Waals surface area (Å²) in [5.41, 5.74) is 2.38. The highest BCUT2D eigenvalue weighted by Gasteiger charge is 2.24. The maximum absolute atomic E-state index is 13.0. The van der Waals surface area contributed by atoms with Crippen molar-refractivity contribution in [3.05, 3.63) is 64.6 Å². The van der Waals surface area contributed by atoms with E-state index in [4.69, 9.17) is 9.15 Å². The predicted molar refractivity (Wildman–Crippen MR) is 107 cm³/mol. The first-order chi connectivity index (χ1) is 13.7. The Hall–Kier alpha value is -3.02. The van der Waals surface area contributed by atoms with E-state index in [0.717, 1.165) is 31.6 Å². The van der Waals surface area contributed by atoms with Crippen LogP contribution in [0.2, 0.25) is 0 Å². The van der Waals surface area contributed by atoms with Gasteiger partial charge in [0.1, 0.15) is 12.3 Å². The molecule has 0 N–H and O–H groups in total. The molecule has 1 atom stereocenters. The molecule has 0 aliphatic carbocycles. The van der Waals surface area contributed by atoms with Gasteiger partial charge in [-0.3, -0.25) is 9.36 Å². The minimum Gasteiger partial charge on any atom is -0.497 e. The topological polar surface area (TPSA) is 64.7 Å². The SMILES string of the molecule is COc1ccc(C2CCCCN(C(=O)Cn3c(=O)oc4ccccc43)C2)cc1. The Morgan fingerprint density at radius 3 is 2.71 bits per heavy atom. The molecule has 0 bridgehead atoms. The van der Waals surface area contributed by atoms with Crippen molar-refractivity contribution in [2.75, 3.05) is 20.2 Å². The van der Waals surface area contributed by atoms with Crippen LogP contribution in [0.4, 0.5) is 0 Å². The molecule has 0 radical (unpaired) electrons. The highest BCUT2D eigenvalue weighted by Crippen LogP contribution is 2.28. The number of amides is 1. The Bertz CT molecular complexity index is 1020. The third-order valence-electron chi connectivity index (χ3n) is 5.48. The fourth-order valence-corrected chi connectivity index (χ4v) is 3.92. The number of carbonyl (C=O) groups is 1. The van der Waals surface area contributed by atoms with Gasteiger partial charge in [-0.2, -0.15) is 0 Å². The van der Waals surface area contributed by atoms with Crippen LogP contribution in [0.25, 0.3) is 11.1 Å². The lowest BCUT2D eigenvalue weighted by atomic mass is 9.94. The largest absolute Gasteiger partial charge is 0.497 e. The smallest absolute Gasteiger partial charge is 0.420 e. The number of nitrogens with zero attached hydrogens (tertiary/aromatic N) is 2. The summed E-state index contributed by atoms with van der Waals surface area (Å²) in [5, 5.41) is 0. The van der Waals surface area contributed by atoms with Crippen LogP contribution in [0.1, 0.15) is 30.7 Å². The first kappa shape index (κ1) is 18.3. The van der Waals surface area contributed by atoms with Gasteiger partial charge in [-0.25, -0.2) is 4.79 Å². The standard InChI is InChI=1S/C22H24N2O4/c1-27-18-11-9-16(10-12-18)17-6-4-5-13-23(14-17)21(25)15-24-19-7-2-3-8-20(19)28-22(24)26/h2-3,7-12,17H,4-6,13-15H2,1H3. The molecule has 28 heavy (non-hydrogen) atoms. The highest BCUT2D eigenvalue weighted by molar-refractivity contribution is 5.79. The molecule has 1 aromatic heterocycles. The van der Waals surface area contributed by atoms with Crippen LogP contribution in [0.15, 0.2) is 57.7 Å². The van der Waals surface area contributed by atoms with Gasteiger partial charge in [-0.05, 0) is 42.7 Å². The van der Waals surface area contributed by atoms with Crippen LogP contribution in [-0.4, -0.2) is 35.6 Å². The number of hydrogen-bond acceptors (Lipinski definition) is 4. The fourth-order valence-electron chi connectivity index (χ4n) is 3.92. The van der Waals surface area contributed by atoms with Gasteiger partial charge in [-0.1, -0.05) is 30.7 Å². The lowest BCUT2D eigenvalue weighted by Crippen LogP contribution is -2.37. The van der Waals surface area contributed by atoms with Crippen molar-refractivity contribution in [2.24, 2.45) is 0 Å².